The number of aromatic amines is 1. The van der Waals surface area contributed by atoms with E-state index in [1.165, 1.54) is 0 Å². The molecule has 4 aromatic rings. The molecule has 4 N–H and O–H groups in total. The molecular weight excluding hydrogens is 473 g/mol. The van der Waals surface area contributed by atoms with Crippen molar-refractivity contribution in [3.63, 3.8) is 0 Å². The summed E-state index contributed by atoms with van der Waals surface area (Å²) in [6.07, 6.45) is -4.92. The molecule has 11 heteroatoms. The first-order chi connectivity index (χ1) is 17.0. The average molecular weight is 496 g/mol. The molecule has 5 rings (SSSR count). The number of halogens is 3. The topological polar surface area (TPSA) is 119 Å². The van der Waals surface area contributed by atoms with Gasteiger partial charge in [0.2, 0.25) is 0 Å². The summed E-state index contributed by atoms with van der Waals surface area (Å²) in [4.78, 5) is 25.1. The van der Waals surface area contributed by atoms with Gasteiger partial charge in [0.05, 0.1) is 5.39 Å². The highest BCUT2D eigenvalue weighted by Crippen LogP contribution is 2.56. The third-order valence-electron chi connectivity index (χ3n) is 6.61. The number of hydrogen-bond acceptors (Lipinski definition) is 5. The summed E-state index contributed by atoms with van der Waals surface area (Å²) in [7, 11) is 0. The zero-order valence-electron chi connectivity index (χ0n) is 19.5. The van der Waals surface area contributed by atoms with Crippen LogP contribution in [-0.2, 0) is 12.1 Å². The molecule has 1 aliphatic carbocycles. The van der Waals surface area contributed by atoms with E-state index in [1.54, 1.807) is 24.3 Å². The number of alkyl halides is 3. The number of aryl methyl sites for hydroxylation is 2. The Hall–Kier alpha value is -4.15. The van der Waals surface area contributed by atoms with Crippen LogP contribution in [0.4, 0.5) is 19.0 Å². The van der Waals surface area contributed by atoms with E-state index in [9.17, 15) is 22.8 Å². The van der Waals surface area contributed by atoms with Crippen LogP contribution < -0.4 is 16.6 Å². The second-order valence-electron chi connectivity index (χ2n) is 9.15. The average Bonchev–Trinajstić information content (AvgIpc) is 3.56. The minimum Gasteiger partial charge on any atom is -0.382 e. The second-order valence-corrected chi connectivity index (χ2v) is 9.15. The van der Waals surface area contributed by atoms with Gasteiger partial charge in [-0.2, -0.15) is 23.4 Å². The lowest BCUT2D eigenvalue weighted by atomic mass is 10.0. The maximum atomic E-state index is 13.9. The van der Waals surface area contributed by atoms with Crippen LogP contribution in [0.1, 0.15) is 39.9 Å². The van der Waals surface area contributed by atoms with Crippen LogP contribution in [0.5, 0.6) is 0 Å². The summed E-state index contributed by atoms with van der Waals surface area (Å²) in [5.41, 5.74) is 6.52. The summed E-state index contributed by atoms with van der Waals surface area (Å²) < 4.78 is 42.4. The predicted octanol–water partition coefficient (Wildman–Crippen LogP) is 3.97. The summed E-state index contributed by atoms with van der Waals surface area (Å²) in [6, 6.07) is 12.4. The van der Waals surface area contributed by atoms with Gasteiger partial charge >= 0.3 is 6.18 Å². The SMILES string of the molecule is Cc1ccc(C)c(C(=O)NCc2ccc(-c3nn(C4(C(F)(F)F)CC4)c4c(=O)[nH]nc(N)c34)cc2)c1. The minimum absolute atomic E-state index is 0.0743. The predicted molar refractivity (Wildman–Crippen MR) is 128 cm³/mol. The Morgan fingerprint density at radius 1 is 1.17 bits per heavy atom. The first-order valence-corrected chi connectivity index (χ1v) is 11.3. The fourth-order valence-electron chi connectivity index (χ4n) is 4.37. The molecule has 0 radical (unpaired) electrons. The van der Waals surface area contributed by atoms with Gasteiger partial charge in [-0.15, -0.1) is 0 Å². The normalized spacial score (nSPS) is 14.7. The van der Waals surface area contributed by atoms with Crippen LogP contribution in [0.25, 0.3) is 22.2 Å². The quantitative estimate of drug-likeness (QED) is 0.386. The van der Waals surface area contributed by atoms with E-state index in [1.807, 2.05) is 32.0 Å². The van der Waals surface area contributed by atoms with Gasteiger partial charge in [-0.25, -0.2) is 9.78 Å². The summed E-state index contributed by atoms with van der Waals surface area (Å²) >= 11 is 0. The van der Waals surface area contributed by atoms with Gasteiger partial charge in [-0.3, -0.25) is 9.59 Å². The maximum Gasteiger partial charge on any atom is 0.413 e. The molecule has 1 fully saturated rings. The maximum absolute atomic E-state index is 13.9. The monoisotopic (exact) mass is 496 g/mol. The molecule has 0 unspecified atom stereocenters. The lowest BCUT2D eigenvalue weighted by molar-refractivity contribution is -0.181. The molecule has 1 amide bonds. The molecule has 2 aromatic carbocycles. The van der Waals surface area contributed by atoms with Crippen LogP contribution in [0, 0.1) is 13.8 Å². The summed E-state index contributed by atoms with van der Waals surface area (Å²) in [6.45, 7) is 4.03. The van der Waals surface area contributed by atoms with Gasteiger partial charge in [-0.1, -0.05) is 42.0 Å². The van der Waals surface area contributed by atoms with Gasteiger partial charge in [0.25, 0.3) is 11.5 Å². The number of aromatic nitrogens is 4. The number of amides is 1. The van der Waals surface area contributed by atoms with Gasteiger partial charge in [0.1, 0.15) is 11.2 Å². The number of nitrogen functional groups attached to an aromatic ring is 1. The third kappa shape index (κ3) is 3.80. The molecule has 0 atom stereocenters. The van der Waals surface area contributed by atoms with Gasteiger partial charge in [0.15, 0.2) is 11.4 Å². The van der Waals surface area contributed by atoms with E-state index >= 15 is 0 Å². The first-order valence-electron chi connectivity index (χ1n) is 11.3. The zero-order chi connectivity index (χ0) is 25.8. The molecule has 1 saturated carbocycles. The Balaban J connectivity index is 1.46. The number of benzene rings is 2. The van der Waals surface area contributed by atoms with Crippen molar-refractivity contribution in [1.29, 1.82) is 0 Å². The highest BCUT2D eigenvalue weighted by Gasteiger charge is 2.66. The minimum atomic E-state index is -4.58. The van der Waals surface area contributed by atoms with Crippen molar-refractivity contribution in [2.45, 2.75) is 44.9 Å². The zero-order valence-corrected chi connectivity index (χ0v) is 19.5. The number of carbonyl (C=O) groups is 1. The lowest BCUT2D eigenvalue weighted by Crippen LogP contribution is -2.37. The van der Waals surface area contributed by atoms with E-state index < -0.39 is 17.3 Å². The number of carbonyl (C=O) groups excluding carboxylic acids is 1. The number of hydrogen-bond donors (Lipinski definition) is 3. The van der Waals surface area contributed by atoms with E-state index in [4.69, 9.17) is 5.73 Å². The molecule has 0 spiro atoms. The fourth-order valence-corrected chi connectivity index (χ4v) is 4.37. The Morgan fingerprint density at radius 3 is 2.50 bits per heavy atom. The molecule has 2 aromatic heterocycles. The smallest absolute Gasteiger partial charge is 0.382 e. The Labute approximate surface area is 203 Å². The fraction of sp³-hybridized carbons (Fsp3) is 0.280. The first kappa shape index (κ1) is 23.6. The van der Waals surface area contributed by atoms with E-state index in [-0.39, 0.29) is 47.7 Å². The Kier molecular flexibility index (Phi) is 5.38. The molecule has 1 aliphatic rings. The Morgan fingerprint density at radius 2 is 1.86 bits per heavy atom. The molecule has 0 aliphatic heterocycles. The van der Waals surface area contributed by atoms with Crippen molar-refractivity contribution in [1.82, 2.24) is 25.3 Å². The van der Waals surface area contributed by atoms with E-state index in [2.05, 4.69) is 20.6 Å². The van der Waals surface area contributed by atoms with E-state index in [0.29, 0.717) is 11.1 Å². The van der Waals surface area contributed by atoms with Gasteiger partial charge < -0.3 is 11.1 Å². The van der Waals surface area contributed by atoms with E-state index in [0.717, 1.165) is 21.4 Å². The molecule has 8 nitrogen and oxygen atoms in total. The number of nitrogens with zero attached hydrogens (tertiary/aromatic N) is 3. The standard InChI is InChI=1S/C25H23F3N6O2/c1-13-3-4-14(2)17(11-13)22(35)30-12-15-5-7-16(8-6-15)19-18-20(23(36)32-31-21(18)29)34(33-19)24(9-10-24)25(26,27)28/h3-8,11H,9-10,12H2,1-2H3,(H2,29,31)(H,30,35)(H,32,36). The molecule has 2 heterocycles. The lowest BCUT2D eigenvalue weighted by Gasteiger charge is -2.20. The van der Waals surface area contributed by atoms with Crippen LogP contribution in [-0.4, -0.2) is 32.1 Å². The van der Waals surface area contributed by atoms with Crippen molar-refractivity contribution in [3.05, 3.63) is 75.1 Å². The largest absolute Gasteiger partial charge is 0.413 e. The number of anilines is 1. The highest BCUT2D eigenvalue weighted by atomic mass is 19.4. The number of nitrogens with two attached hydrogens (primary N) is 1. The molecule has 36 heavy (non-hydrogen) atoms. The molecular formula is C25H23F3N6O2. The number of fused-ring (bicyclic) bond motifs is 1. The van der Waals surface area contributed by atoms with Gasteiger partial charge in [0, 0.05) is 17.7 Å². The molecule has 0 saturated heterocycles. The highest BCUT2D eigenvalue weighted by molar-refractivity contribution is 6.00. The van der Waals surface area contributed by atoms with Crippen molar-refractivity contribution in [2.24, 2.45) is 0 Å². The number of rotatable bonds is 5. The van der Waals surface area contributed by atoms with Crippen molar-refractivity contribution in [2.75, 3.05) is 5.73 Å². The molecule has 186 valence electrons. The van der Waals surface area contributed by atoms with Crippen LogP contribution >= 0.6 is 0 Å². The van der Waals surface area contributed by atoms with Crippen molar-refractivity contribution < 1.29 is 18.0 Å². The second kappa shape index (κ2) is 8.21. The van der Waals surface area contributed by atoms with Crippen LogP contribution in [0.2, 0.25) is 0 Å². The van der Waals surface area contributed by atoms with Crippen molar-refractivity contribution in [3.8, 4) is 11.3 Å². The number of H-pyrrole nitrogens is 1. The Bertz CT molecular complexity index is 1550. The number of nitrogens with one attached hydrogen (secondary N) is 2. The van der Waals surface area contributed by atoms with Crippen molar-refractivity contribution >= 4 is 22.6 Å². The van der Waals surface area contributed by atoms with Crippen LogP contribution in [0.15, 0.2) is 47.3 Å². The third-order valence-corrected chi connectivity index (χ3v) is 6.61. The summed E-state index contributed by atoms with van der Waals surface area (Å²) in [5, 5.41) is 13.1. The van der Waals surface area contributed by atoms with Crippen LogP contribution in [0.3, 0.4) is 0 Å². The molecule has 0 bridgehead atoms. The summed E-state index contributed by atoms with van der Waals surface area (Å²) in [5.74, 6) is -0.321. The van der Waals surface area contributed by atoms with Gasteiger partial charge in [-0.05, 0) is 43.9 Å².